The van der Waals surface area contributed by atoms with E-state index in [1.165, 1.54) is 25.0 Å². The number of nitrogens with zero attached hydrogens (tertiary/aromatic N) is 4. The van der Waals surface area contributed by atoms with Crippen molar-refractivity contribution in [2.24, 2.45) is 0 Å². The van der Waals surface area contributed by atoms with Gasteiger partial charge in [0.05, 0.1) is 11.7 Å². The summed E-state index contributed by atoms with van der Waals surface area (Å²) in [4.78, 5) is 16.1. The van der Waals surface area contributed by atoms with Gasteiger partial charge in [0.25, 0.3) is 0 Å². The SMILES string of the molecule is Fc1cccc(OC2CCN(c3nc4cnccc4nc3NC3CC3)CC2)c1. The Kier molecular flexibility index (Phi) is 4.43. The molecule has 1 aromatic carbocycles. The van der Waals surface area contributed by atoms with Gasteiger partial charge in [0, 0.05) is 44.2 Å². The lowest BCUT2D eigenvalue weighted by Gasteiger charge is -2.33. The van der Waals surface area contributed by atoms with Gasteiger partial charge in [-0.2, -0.15) is 0 Å². The summed E-state index contributed by atoms with van der Waals surface area (Å²) in [7, 11) is 0. The Hall–Kier alpha value is -2.96. The number of hydrogen-bond donors (Lipinski definition) is 1. The molecule has 144 valence electrons. The summed E-state index contributed by atoms with van der Waals surface area (Å²) in [5, 5.41) is 3.52. The normalized spacial score (nSPS) is 17.7. The Morgan fingerprint density at radius 3 is 2.68 bits per heavy atom. The lowest BCUT2D eigenvalue weighted by atomic mass is 10.1. The van der Waals surface area contributed by atoms with E-state index >= 15 is 0 Å². The molecule has 6 nitrogen and oxygen atoms in total. The van der Waals surface area contributed by atoms with Crippen LogP contribution in [0.1, 0.15) is 25.7 Å². The second kappa shape index (κ2) is 7.22. The van der Waals surface area contributed by atoms with Gasteiger partial charge in [-0.3, -0.25) is 4.98 Å². The molecule has 1 N–H and O–H groups in total. The van der Waals surface area contributed by atoms with Crippen LogP contribution in [0.3, 0.4) is 0 Å². The van der Waals surface area contributed by atoms with E-state index in [9.17, 15) is 4.39 Å². The number of pyridine rings is 1. The van der Waals surface area contributed by atoms with Crippen LogP contribution in [0.2, 0.25) is 0 Å². The molecule has 0 spiro atoms. The number of rotatable bonds is 5. The first kappa shape index (κ1) is 17.2. The lowest BCUT2D eigenvalue weighted by Crippen LogP contribution is -2.39. The summed E-state index contributed by atoms with van der Waals surface area (Å²) in [5.74, 6) is 2.05. The van der Waals surface area contributed by atoms with Gasteiger partial charge in [0.1, 0.15) is 23.2 Å². The highest BCUT2D eigenvalue weighted by molar-refractivity contribution is 5.80. The summed E-state index contributed by atoms with van der Waals surface area (Å²) >= 11 is 0. The maximum absolute atomic E-state index is 13.4. The maximum atomic E-state index is 13.4. The number of halogens is 1. The van der Waals surface area contributed by atoms with Gasteiger partial charge in [-0.25, -0.2) is 14.4 Å². The van der Waals surface area contributed by atoms with Crippen LogP contribution in [0, 0.1) is 5.82 Å². The van der Waals surface area contributed by atoms with Gasteiger partial charge in [0.15, 0.2) is 11.6 Å². The fourth-order valence-electron chi connectivity index (χ4n) is 3.55. The highest BCUT2D eigenvalue weighted by atomic mass is 19.1. The van der Waals surface area contributed by atoms with E-state index < -0.39 is 0 Å². The second-order valence-corrected chi connectivity index (χ2v) is 7.44. The maximum Gasteiger partial charge on any atom is 0.172 e. The van der Waals surface area contributed by atoms with Crippen LogP contribution in [0.15, 0.2) is 42.7 Å². The van der Waals surface area contributed by atoms with Gasteiger partial charge < -0.3 is 15.0 Å². The molecule has 0 atom stereocenters. The number of aromatic nitrogens is 3. The molecule has 3 heterocycles. The van der Waals surface area contributed by atoms with Crippen LogP contribution >= 0.6 is 0 Å². The highest BCUT2D eigenvalue weighted by Crippen LogP contribution is 2.32. The Balaban J connectivity index is 1.33. The number of ether oxygens (including phenoxy) is 1. The van der Waals surface area contributed by atoms with E-state index in [1.807, 2.05) is 6.07 Å². The fourth-order valence-corrected chi connectivity index (χ4v) is 3.55. The molecule has 3 aromatic rings. The van der Waals surface area contributed by atoms with Crippen molar-refractivity contribution >= 4 is 22.7 Å². The van der Waals surface area contributed by atoms with Gasteiger partial charge in [-0.15, -0.1) is 0 Å². The minimum absolute atomic E-state index is 0.0768. The van der Waals surface area contributed by atoms with E-state index in [0.29, 0.717) is 11.8 Å². The van der Waals surface area contributed by atoms with Crippen LogP contribution < -0.4 is 15.0 Å². The molecule has 2 fully saturated rings. The summed E-state index contributed by atoms with van der Waals surface area (Å²) in [6.45, 7) is 1.64. The Morgan fingerprint density at radius 2 is 1.89 bits per heavy atom. The largest absolute Gasteiger partial charge is 0.490 e. The zero-order valence-electron chi connectivity index (χ0n) is 15.5. The molecule has 7 heteroatoms. The number of benzene rings is 1. The minimum Gasteiger partial charge on any atom is -0.490 e. The van der Waals surface area contributed by atoms with Crippen LogP contribution in [0.4, 0.5) is 16.0 Å². The predicted octanol–water partition coefficient (Wildman–Crippen LogP) is 3.79. The molecule has 0 unspecified atom stereocenters. The number of nitrogens with one attached hydrogen (secondary N) is 1. The lowest BCUT2D eigenvalue weighted by molar-refractivity contribution is 0.170. The van der Waals surface area contributed by atoms with Crippen molar-refractivity contribution in [3.8, 4) is 5.75 Å². The molecule has 1 saturated carbocycles. The topological polar surface area (TPSA) is 63.2 Å². The van der Waals surface area contributed by atoms with E-state index in [4.69, 9.17) is 14.7 Å². The smallest absolute Gasteiger partial charge is 0.172 e. The van der Waals surface area contributed by atoms with Crippen molar-refractivity contribution < 1.29 is 9.13 Å². The minimum atomic E-state index is -0.272. The van der Waals surface area contributed by atoms with Gasteiger partial charge in [-0.1, -0.05) is 6.07 Å². The number of hydrogen-bond acceptors (Lipinski definition) is 6. The van der Waals surface area contributed by atoms with Crippen LogP contribution in [0.25, 0.3) is 11.0 Å². The van der Waals surface area contributed by atoms with E-state index in [0.717, 1.165) is 48.6 Å². The van der Waals surface area contributed by atoms with Crippen molar-refractivity contribution in [3.05, 3.63) is 48.5 Å². The molecule has 1 aliphatic heterocycles. The molecule has 0 radical (unpaired) electrons. The molecule has 28 heavy (non-hydrogen) atoms. The summed E-state index contributed by atoms with van der Waals surface area (Å²) in [5.41, 5.74) is 1.66. The average molecular weight is 379 g/mol. The molecule has 1 saturated heterocycles. The van der Waals surface area contributed by atoms with Crippen LogP contribution in [-0.4, -0.2) is 40.2 Å². The monoisotopic (exact) mass is 379 g/mol. The third-order valence-electron chi connectivity index (χ3n) is 5.21. The van der Waals surface area contributed by atoms with Crippen LogP contribution in [-0.2, 0) is 0 Å². The van der Waals surface area contributed by atoms with Crippen molar-refractivity contribution in [1.82, 2.24) is 15.0 Å². The Bertz CT molecular complexity index is 985. The van der Waals surface area contributed by atoms with Crippen molar-refractivity contribution in [3.63, 3.8) is 0 Å². The molecule has 0 amide bonds. The summed E-state index contributed by atoms with van der Waals surface area (Å²) < 4.78 is 19.3. The molecule has 5 rings (SSSR count). The molecular weight excluding hydrogens is 357 g/mol. The Labute approximate surface area is 162 Å². The highest BCUT2D eigenvalue weighted by Gasteiger charge is 2.28. The molecular formula is C21H22FN5O. The van der Waals surface area contributed by atoms with Gasteiger partial charge in [0.2, 0.25) is 0 Å². The molecule has 2 aromatic heterocycles. The zero-order valence-corrected chi connectivity index (χ0v) is 15.5. The Morgan fingerprint density at radius 1 is 1.04 bits per heavy atom. The van der Waals surface area contributed by atoms with Gasteiger partial charge >= 0.3 is 0 Å². The number of anilines is 2. The molecule has 1 aliphatic carbocycles. The summed E-state index contributed by atoms with van der Waals surface area (Å²) in [6, 6.07) is 8.73. The quantitative estimate of drug-likeness (QED) is 0.728. The third-order valence-corrected chi connectivity index (χ3v) is 5.21. The second-order valence-electron chi connectivity index (χ2n) is 7.44. The zero-order chi connectivity index (χ0) is 18.9. The number of piperidine rings is 1. The van der Waals surface area contributed by atoms with Crippen molar-refractivity contribution in [2.45, 2.75) is 37.8 Å². The molecule has 0 bridgehead atoms. The number of fused-ring (bicyclic) bond motifs is 1. The first-order valence-corrected chi connectivity index (χ1v) is 9.80. The predicted molar refractivity (Wildman–Crippen MR) is 106 cm³/mol. The standard InChI is InChI=1S/C21H22FN5O/c22-14-2-1-3-17(12-14)28-16-7-10-27(11-8-16)21-20(24-15-4-5-15)25-18-6-9-23-13-19(18)26-21/h1-3,6,9,12-13,15-16H,4-5,7-8,10-11H2,(H,24,25). The van der Waals surface area contributed by atoms with Gasteiger partial charge in [-0.05, 0) is 31.0 Å². The van der Waals surface area contributed by atoms with Crippen LogP contribution in [0.5, 0.6) is 5.75 Å². The average Bonchev–Trinajstić information content (AvgIpc) is 3.52. The molecule has 2 aliphatic rings. The van der Waals surface area contributed by atoms with Crippen molar-refractivity contribution in [2.75, 3.05) is 23.3 Å². The van der Waals surface area contributed by atoms with E-state index in [-0.39, 0.29) is 11.9 Å². The van der Waals surface area contributed by atoms with Crippen molar-refractivity contribution in [1.29, 1.82) is 0 Å². The summed E-state index contributed by atoms with van der Waals surface area (Å²) in [6.07, 6.45) is 7.64. The third kappa shape index (κ3) is 3.69. The van der Waals surface area contributed by atoms with E-state index in [1.54, 1.807) is 24.5 Å². The first-order valence-electron chi connectivity index (χ1n) is 9.80. The van der Waals surface area contributed by atoms with E-state index in [2.05, 4.69) is 15.2 Å². The fraction of sp³-hybridized carbons (Fsp3) is 0.381. The first-order chi connectivity index (χ1) is 13.7.